The van der Waals surface area contributed by atoms with Gasteiger partial charge in [0.25, 0.3) is 0 Å². The van der Waals surface area contributed by atoms with E-state index in [9.17, 15) is 14.7 Å². The van der Waals surface area contributed by atoms with Gasteiger partial charge in [0.1, 0.15) is 11.7 Å². The van der Waals surface area contributed by atoms with E-state index in [1.54, 1.807) is 0 Å². The third-order valence-corrected chi connectivity index (χ3v) is 1.73. The number of ketones is 2. The van der Waals surface area contributed by atoms with Crippen molar-refractivity contribution in [3.05, 3.63) is 12.3 Å². The predicted molar refractivity (Wildman–Crippen MR) is 47.3 cm³/mol. The predicted octanol–water partition coefficient (Wildman–Crippen LogP) is 0.251. The molecule has 0 fully saturated rings. The monoisotopic (exact) mass is 197 g/mol. The van der Waals surface area contributed by atoms with Gasteiger partial charge < -0.3 is 10.2 Å². The Kier molecular flexibility index (Phi) is 3.99. The van der Waals surface area contributed by atoms with Crippen molar-refractivity contribution in [3.8, 4) is 6.07 Å². The number of hydrogen-bond donors (Lipinski definition) is 2. The summed E-state index contributed by atoms with van der Waals surface area (Å²) in [5, 5.41) is 26.6. The van der Waals surface area contributed by atoms with Gasteiger partial charge in [-0.25, -0.2) is 0 Å². The first-order chi connectivity index (χ1) is 6.31. The summed E-state index contributed by atoms with van der Waals surface area (Å²) < 4.78 is 0. The van der Waals surface area contributed by atoms with E-state index in [-0.39, 0.29) is 0 Å². The van der Waals surface area contributed by atoms with Gasteiger partial charge >= 0.3 is 0 Å². The molecule has 0 amide bonds. The molecule has 5 heteroatoms. The van der Waals surface area contributed by atoms with Gasteiger partial charge in [-0.05, 0) is 6.92 Å². The molecule has 5 nitrogen and oxygen atoms in total. The zero-order valence-corrected chi connectivity index (χ0v) is 7.78. The van der Waals surface area contributed by atoms with Gasteiger partial charge in [0, 0.05) is 6.42 Å². The van der Waals surface area contributed by atoms with Gasteiger partial charge in [0.2, 0.25) is 5.78 Å². The van der Waals surface area contributed by atoms with E-state index < -0.39 is 35.8 Å². The number of nitrogens with zero attached hydrogens (tertiary/aromatic N) is 1. The molecule has 0 rings (SSSR count). The second-order valence-electron chi connectivity index (χ2n) is 3.04. The fourth-order valence-corrected chi connectivity index (χ4v) is 0.954. The van der Waals surface area contributed by atoms with E-state index in [1.165, 1.54) is 6.07 Å². The minimum absolute atomic E-state index is 0.409. The van der Waals surface area contributed by atoms with Crippen molar-refractivity contribution < 1.29 is 19.8 Å². The summed E-state index contributed by atoms with van der Waals surface area (Å²) >= 11 is 0. The second-order valence-corrected chi connectivity index (χ2v) is 3.04. The molecule has 0 saturated heterocycles. The van der Waals surface area contributed by atoms with Crippen LogP contribution in [-0.4, -0.2) is 27.4 Å². The minimum atomic E-state index is -2.02. The van der Waals surface area contributed by atoms with Crippen molar-refractivity contribution in [3.63, 3.8) is 0 Å². The molecule has 0 aromatic heterocycles. The number of rotatable bonds is 5. The topological polar surface area (TPSA) is 98.4 Å². The molecule has 0 aliphatic heterocycles. The van der Waals surface area contributed by atoms with Crippen LogP contribution in [0.4, 0.5) is 0 Å². The van der Waals surface area contributed by atoms with Crippen LogP contribution < -0.4 is 0 Å². The highest BCUT2D eigenvalue weighted by Crippen LogP contribution is 2.20. The molecular formula is C9H11NO4. The summed E-state index contributed by atoms with van der Waals surface area (Å²) in [6.07, 6.45) is -1.06. The van der Waals surface area contributed by atoms with Crippen LogP contribution in [0, 0.1) is 11.3 Å². The van der Waals surface area contributed by atoms with Gasteiger partial charge in [-0.1, -0.05) is 6.58 Å². The Morgan fingerprint density at radius 2 is 2.00 bits per heavy atom. The number of carbonyl (C=O) groups excluding carboxylic acids is 2. The number of aliphatic hydroxyl groups is 2. The lowest BCUT2D eigenvalue weighted by molar-refractivity contribution is -0.140. The zero-order chi connectivity index (χ0) is 11.4. The first-order valence-corrected chi connectivity index (χ1v) is 3.85. The molecule has 1 unspecified atom stereocenters. The van der Waals surface area contributed by atoms with Crippen LogP contribution in [-0.2, 0) is 9.59 Å². The first kappa shape index (κ1) is 12.3. The Balaban J connectivity index is 4.74. The molecule has 2 N–H and O–H groups in total. The largest absolute Gasteiger partial charge is 0.513 e. The molecule has 14 heavy (non-hydrogen) atoms. The SMILES string of the molecule is C=C(O)CC(O)(CC(=O)C#N)C(C)=O. The summed E-state index contributed by atoms with van der Waals surface area (Å²) in [6, 6.07) is 1.29. The number of Topliss-reactive ketones (excluding diaryl/α,β-unsaturated/α-hetero) is 2. The standard InChI is InChI=1S/C9H11NO4/c1-6(11)3-9(14,7(2)12)4-8(13)5-10/h11,14H,1,3-4H2,2H3. The van der Waals surface area contributed by atoms with Crippen LogP contribution >= 0.6 is 0 Å². The van der Waals surface area contributed by atoms with Crippen LogP contribution in [0.2, 0.25) is 0 Å². The van der Waals surface area contributed by atoms with E-state index in [1.807, 2.05) is 0 Å². The van der Waals surface area contributed by atoms with Crippen LogP contribution in [0.3, 0.4) is 0 Å². The molecule has 0 aliphatic rings. The fraction of sp³-hybridized carbons (Fsp3) is 0.444. The molecule has 76 valence electrons. The maximum absolute atomic E-state index is 11.0. The van der Waals surface area contributed by atoms with E-state index in [4.69, 9.17) is 10.4 Å². The minimum Gasteiger partial charge on any atom is -0.513 e. The highest BCUT2D eigenvalue weighted by molar-refractivity contribution is 5.98. The van der Waals surface area contributed by atoms with Crippen molar-refractivity contribution in [2.24, 2.45) is 0 Å². The second kappa shape index (κ2) is 4.53. The van der Waals surface area contributed by atoms with Crippen LogP contribution in [0.5, 0.6) is 0 Å². The summed E-state index contributed by atoms with van der Waals surface area (Å²) in [6.45, 7) is 4.18. The average molecular weight is 197 g/mol. The van der Waals surface area contributed by atoms with Crippen molar-refractivity contribution in [2.45, 2.75) is 25.4 Å². The van der Waals surface area contributed by atoms with Crippen molar-refractivity contribution in [1.29, 1.82) is 5.26 Å². The quantitative estimate of drug-likeness (QED) is 0.486. The van der Waals surface area contributed by atoms with Crippen molar-refractivity contribution >= 4 is 11.6 Å². The summed E-state index contributed by atoms with van der Waals surface area (Å²) in [5.41, 5.74) is -2.02. The number of hydrogen-bond acceptors (Lipinski definition) is 5. The molecule has 0 bridgehead atoms. The Hall–Kier alpha value is -1.67. The van der Waals surface area contributed by atoms with E-state index in [0.717, 1.165) is 6.92 Å². The van der Waals surface area contributed by atoms with Crippen LogP contribution in [0.25, 0.3) is 0 Å². The maximum Gasteiger partial charge on any atom is 0.235 e. The lowest BCUT2D eigenvalue weighted by Crippen LogP contribution is -2.39. The molecule has 0 aromatic rings. The fourth-order valence-electron chi connectivity index (χ4n) is 0.954. The molecule has 1 atom stereocenters. The summed E-state index contributed by atoms with van der Waals surface area (Å²) in [4.78, 5) is 21.7. The molecule has 0 aliphatic carbocycles. The van der Waals surface area contributed by atoms with E-state index in [0.29, 0.717) is 0 Å². The molecule has 0 saturated carbocycles. The van der Waals surface area contributed by atoms with Gasteiger partial charge in [0.15, 0.2) is 5.78 Å². The Morgan fingerprint density at radius 1 is 1.50 bits per heavy atom. The lowest BCUT2D eigenvalue weighted by Gasteiger charge is -2.22. The Morgan fingerprint density at radius 3 is 2.29 bits per heavy atom. The van der Waals surface area contributed by atoms with E-state index in [2.05, 4.69) is 6.58 Å². The normalized spacial score (nSPS) is 13.8. The Labute approximate surface area is 81.3 Å². The third kappa shape index (κ3) is 3.37. The number of aliphatic hydroxyl groups excluding tert-OH is 1. The zero-order valence-electron chi connectivity index (χ0n) is 7.78. The first-order valence-electron chi connectivity index (χ1n) is 3.85. The summed E-state index contributed by atoms with van der Waals surface area (Å²) in [5.74, 6) is -2.01. The van der Waals surface area contributed by atoms with Crippen LogP contribution in [0.15, 0.2) is 12.3 Å². The molecule has 0 heterocycles. The summed E-state index contributed by atoms with van der Waals surface area (Å²) in [7, 11) is 0. The highest BCUT2D eigenvalue weighted by atomic mass is 16.3. The van der Waals surface area contributed by atoms with Crippen molar-refractivity contribution in [2.75, 3.05) is 0 Å². The smallest absolute Gasteiger partial charge is 0.235 e. The lowest BCUT2D eigenvalue weighted by atomic mass is 9.89. The third-order valence-electron chi connectivity index (χ3n) is 1.73. The number of nitriles is 1. The van der Waals surface area contributed by atoms with Crippen molar-refractivity contribution in [1.82, 2.24) is 0 Å². The highest BCUT2D eigenvalue weighted by Gasteiger charge is 2.35. The number of carbonyl (C=O) groups is 2. The molecule has 0 aromatic carbocycles. The van der Waals surface area contributed by atoms with E-state index >= 15 is 0 Å². The van der Waals surface area contributed by atoms with Gasteiger partial charge in [0.05, 0.1) is 12.2 Å². The molecular weight excluding hydrogens is 186 g/mol. The maximum atomic E-state index is 11.0. The van der Waals surface area contributed by atoms with Gasteiger partial charge in [-0.2, -0.15) is 5.26 Å². The molecule has 0 spiro atoms. The van der Waals surface area contributed by atoms with Gasteiger partial charge in [-0.3, -0.25) is 9.59 Å². The average Bonchev–Trinajstić information content (AvgIpc) is 2.02. The molecule has 0 radical (unpaired) electrons. The van der Waals surface area contributed by atoms with Crippen LogP contribution in [0.1, 0.15) is 19.8 Å². The Bertz CT molecular complexity index is 315. The van der Waals surface area contributed by atoms with Gasteiger partial charge in [-0.15, -0.1) is 0 Å².